The van der Waals surface area contributed by atoms with Crippen molar-refractivity contribution in [3.05, 3.63) is 30.1 Å². The first kappa shape index (κ1) is 16.9. The van der Waals surface area contributed by atoms with Crippen molar-refractivity contribution in [1.82, 2.24) is 9.97 Å². The molecule has 3 aromatic heterocycles. The minimum atomic E-state index is 0.696. The Balaban J connectivity index is 1.74. The van der Waals surface area contributed by atoms with Gasteiger partial charge in [-0.3, -0.25) is 4.90 Å². The van der Waals surface area contributed by atoms with Crippen LogP contribution in [-0.2, 0) is 17.6 Å². The van der Waals surface area contributed by atoms with Crippen LogP contribution in [-0.4, -0.2) is 42.8 Å². The van der Waals surface area contributed by atoms with Crippen LogP contribution >= 0.6 is 11.3 Å². The number of H-pyrrole nitrogens is 1. The molecule has 1 aliphatic heterocycles. The van der Waals surface area contributed by atoms with E-state index in [0.29, 0.717) is 6.54 Å². The molecule has 1 aliphatic carbocycles. The van der Waals surface area contributed by atoms with Crippen molar-refractivity contribution in [2.75, 3.05) is 43.1 Å². The molecule has 0 bridgehead atoms. The fourth-order valence-electron chi connectivity index (χ4n) is 4.25. The van der Waals surface area contributed by atoms with Crippen LogP contribution in [0.3, 0.4) is 0 Å². The predicted octanol–water partition coefficient (Wildman–Crippen LogP) is 2.97. The van der Waals surface area contributed by atoms with E-state index < -0.39 is 0 Å². The Morgan fingerprint density at radius 1 is 1.22 bits per heavy atom. The number of hydrogen-bond acceptors (Lipinski definition) is 6. The van der Waals surface area contributed by atoms with Gasteiger partial charge in [-0.25, -0.2) is 15.0 Å². The largest absolute Gasteiger partial charge is 0.373 e. The standard InChI is InChI=1S/C20H23N5OS/c1-2-7-21-18-17-16(22-12-23-18)15-13-5-3-4-6-14(13)19(24-20(15)27-17)25-8-10-26-11-9-25/h2,12H,1,3-11H2,(H,21,22,23)/p+1. The van der Waals surface area contributed by atoms with E-state index in [1.807, 2.05) is 6.08 Å². The minimum absolute atomic E-state index is 0.696. The van der Waals surface area contributed by atoms with Gasteiger partial charge in [0.2, 0.25) is 0 Å². The number of hydrogen-bond donors (Lipinski definition) is 1. The molecule has 1 fully saturated rings. The maximum atomic E-state index is 5.57. The van der Waals surface area contributed by atoms with Gasteiger partial charge in [-0.05, 0) is 31.2 Å². The third-order valence-electron chi connectivity index (χ3n) is 5.50. The normalized spacial score (nSPS) is 17.3. The van der Waals surface area contributed by atoms with Gasteiger partial charge in [0.15, 0.2) is 4.83 Å². The number of fused-ring (bicyclic) bond motifs is 5. The van der Waals surface area contributed by atoms with Crippen molar-refractivity contribution in [1.29, 1.82) is 0 Å². The summed E-state index contributed by atoms with van der Waals surface area (Å²) < 4.78 is 6.69. The van der Waals surface area contributed by atoms with Crippen LogP contribution in [0, 0.1) is 0 Å². The number of pyridine rings is 1. The lowest BCUT2D eigenvalue weighted by Gasteiger charge is -2.25. The smallest absolute Gasteiger partial charge is 0.279 e. The quantitative estimate of drug-likeness (QED) is 0.703. The molecule has 4 heterocycles. The summed E-state index contributed by atoms with van der Waals surface area (Å²) >= 11 is 1.75. The number of rotatable bonds is 4. The van der Waals surface area contributed by atoms with Gasteiger partial charge in [0, 0.05) is 12.1 Å². The molecule has 3 aromatic rings. The Kier molecular flexibility index (Phi) is 4.41. The van der Waals surface area contributed by atoms with E-state index in [1.54, 1.807) is 17.7 Å². The molecule has 2 aliphatic rings. The molecule has 0 radical (unpaired) electrons. The van der Waals surface area contributed by atoms with Crippen LogP contribution < -0.4 is 15.2 Å². The summed E-state index contributed by atoms with van der Waals surface area (Å²) in [4.78, 5) is 16.6. The van der Waals surface area contributed by atoms with Gasteiger partial charge in [-0.15, -0.1) is 6.58 Å². The van der Waals surface area contributed by atoms with Crippen molar-refractivity contribution in [3.8, 4) is 0 Å². The molecule has 1 saturated heterocycles. The number of aromatic amines is 1. The highest BCUT2D eigenvalue weighted by Crippen LogP contribution is 2.40. The molecule has 0 aromatic carbocycles. The Morgan fingerprint density at radius 2 is 2.04 bits per heavy atom. The number of thiophene rings is 1. The van der Waals surface area contributed by atoms with Crippen molar-refractivity contribution < 1.29 is 9.72 Å². The second-order valence-corrected chi connectivity index (χ2v) is 8.13. The van der Waals surface area contributed by atoms with Crippen LogP contribution in [0.25, 0.3) is 20.4 Å². The fourth-order valence-corrected chi connectivity index (χ4v) is 5.40. The molecule has 7 heteroatoms. The molecule has 0 unspecified atom stereocenters. The van der Waals surface area contributed by atoms with Crippen molar-refractivity contribution in [3.63, 3.8) is 0 Å². The first-order valence-corrected chi connectivity index (χ1v) is 10.5. The van der Waals surface area contributed by atoms with Crippen molar-refractivity contribution in [2.24, 2.45) is 0 Å². The number of nitrogens with zero attached hydrogens (tertiary/aromatic N) is 3. The summed E-state index contributed by atoms with van der Waals surface area (Å²) in [6, 6.07) is 0. The number of aromatic nitrogens is 3. The number of nitrogens with one attached hydrogen (secondary N) is 2. The SMILES string of the molecule is C=CCNc1ncnc2c1sc1[nH+]c(N3CCOCC3)c3c(c12)CCCC3. The monoisotopic (exact) mass is 382 g/mol. The van der Waals surface area contributed by atoms with Crippen molar-refractivity contribution >= 4 is 43.4 Å². The van der Waals surface area contributed by atoms with E-state index in [9.17, 15) is 0 Å². The molecule has 5 rings (SSSR count). The van der Waals surface area contributed by atoms with E-state index in [4.69, 9.17) is 4.74 Å². The summed E-state index contributed by atoms with van der Waals surface area (Å²) in [7, 11) is 0. The lowest BCUT2D eigenvalue weighted by molar-refractivity contribution is -0.328. The van der Waals surface area contributed by atoms with Gasteiger partial charge in [0.05, 0.1) is 24.1 Å². The fraction of sp³-hybridized carbons (Fsp3) is 0.450. The topological polar surface area (TPSA) is 64.4 Å². The van der Waals surface area contributed by atoms with Gasteiger partial charge in [-0.2, -0.15) is 0 Å². The highest BCUT2D eigenvalue weighted by Gasteiger charge is 2.30. The van der Waals surface area contributed by atoms with E-state index in [1.165, 1.54) is 40.0 Å². The molecular formula is C20H24N5OS+. The zero-order valence-electron chi connectivity index (χ0n) is 15.4. The van der Waals surface area contributed by atoms with Crippen LogP contribution in [0.5, 0.6) is 0 Å². The van der Waals surface area contributed by atoms with Gasteiger partial charge >= 0.3 is 0 Å². The second kappa shape index (κ2) is 7.05. The molecule has 140 valence electrons. The maximum absolute atomic E-state index is 5.57. The molecule has 0 saturated carbocycles. The molecule has 6 nitrogen and oxygen atoms in total. The first-order valence-electron chi connectivity index (χ1n) is 9.68. The van der Waals surface area contributed by atoms with Crippen molar-refractivity contribution in [2.45, 2.75) is 25.7 Å². The highest BCUT2D eigenvalue weighted by molar-refractivity contribution is 7.25. The van der Waals surface area contributed by atoms with Gasteiger partial charge in [0.25, 0.3) is 5.82 Å². The Labute approximate surface area is 162 Å². The first-order chi connectivity index (χ1) is 13.4. The molecule has 0 atom stereocenters. The summed E-state index contributed by atoms with van der Waals surface area (Å²) in [5, 5.41) is 4.65. The highest BCUT2D eigenvalue weighted by atomic mass is 32.1. The Morgan fingerprint density at radius 3 is 2.85 bits per heavy atom. The average Bonchev–Trinajstić information content (AvgIpc) is 3.11. The van der Waals surface area contributed by atoms with E-state index in [2.05, 4.69) is 31.7 Å². The zero-order valence-corrected chi connectivity index (χ0v) is 16.2. The number of ether oxygens (including phenoxy) is 1. The summed E-state index contributed by atoms with van der Waals surface area (Å²) in [5.74, 6) is 2.19. The average molecular weight is 383 g/mol. The van der Waals surface area contributed by atoms with Crippen LogP contribution in [0.1, 0.15) is 24.0 Å². The number of morpholine rings is 1. The van der Waals surface area contributed by atoms with Gasteiger partial charge < -0.3 is 10.1 Å². The maximum Gasteiger partial charge on any atom is 0.279 e. The third kappa shape index (κ3) is 2.85. The van der Waals surface area contributed by atoms with Crippen LogP contribution in [0.2, 0.25) is 0 Å². The summed E-state index contributed by atoms with van der Waals surface area (Å²) in [5.41, 5.74) is 4.03. The molecular weight excluding hydrogens is 358 g/mol. The van der Waals surface area contributed by atoms with Gasteiger partial charge in [0.1, 0.15) is 29.9 Å². The molecule has 0 spiro atoms. The Bertz CT molecular complexity index is 1010. The molecule has 2 N–H and O–H groups in total. The molecule has 0 amide bonds. The number of aryl methyl sites for hydroxylation is 1. The lowest BCUT2D eigenvalue weighted by atomic mass is 9.90. The minimum Gasteiger partial charge on any atom is -0.373 e. The number of anilines is 2. The van der Waals surface area contributed by atoms with Crippen LogP contribution in [0.15, 0.2) is 19.0 Å². The van der Waals surface area contributed by atoms with Gasteiger partial charge in [-0.1, -0.05) is 17.4 Å². The third-order valence-corrected chi connectivity index (χ3v) is 6.60. The zero-order chi connectivity index (χ0) is 18.2. The summed E-state index contributed by atoms with van der Waals surface area (Å²) in [6.45, 7) is 7.99. The lowest BCUT2D eigenvalue weighted by Crippen LogP contribution is -2.40. The van der Waals surface area contributed by atoms with Crippen LogP contribution in [0.4, 0.5) is 11.6 Å². The molecule has 27 heavy (non-hydrogen) atoms. The second-order valence-electron chi connectivity index (χ2n) is 7.11. The van der Waals surface area contributed by atoms with E-state index in [-0.39, 0.29) is 0 Å². The predicted molar refractivity (Wildman–Crippen MR) is 110 cm³/mol. The Hall–Kier alpha value is -2.25. The van der Waals surface area contributed by atoms with E-state index in [0.717, 1.165) is 55.2 Å². The van der Waals surface area contributed by atoms with E-state index >= 15 is 0 Å². The summed E-state index contributed by atoms with van der Waals surface area (Å²) in [6.07, 6.45) is 8.30.